The van der Waals surface area contributed by atoms with Crippen LogP contribution in [0.25, 0.3) is 55.1 Å². The van der Waals surface area contributed by atoms with Gasteiger partial charge in [-0.1, -0.05) is 0 Å². The molecule has 0 unspecified atom stereocenters. The molecule has 0 saturated heterocycles. The lowest BCUT2D eigenvalue weighted by Crippen LogP contribution is -1.87. The van der Waals surface area contributed by atoms with E-state index >= 15 is 0 Å². The third kappa shape index (κ3) is 2.18. The van der Waals surface area contributed by atoms with Gasteiger partial charge in [-0.15, -0.1) is 0 Å². The molecule has 0 fully saturated rings. The number of rotatable bonds is 2. The van der Waals surface area contributed by atoms with E-state index in [1.54, 1.807) is 24.5 Å². The molecule has 144 valence electrons. The summed E-state index contributed by atoms with van der Waals surface area (Å²) < 4.78 is 0. The maximum Gasteiger partial charge on any atom is 0.270 e. The van der Waals surface area contributed by atoms with Gasteiger partial charge in [0, 0.05) is 57.5 Å². The van der Waals surface area contributed by atoms with E-state index < -0.39 is 0 Å². The van der Waals surface area contributed by atoms with Gasteiger partial charge in [0.25, 0.3) is 5.69 Å². The molecule has 0 aliphatic carbocycles. The lowest BCUT2D eigenvalue weighted by Gasteiger charge is -2.03. The maximum absolute atomic E-state index is 11.3. The van der Waals surface area contributed by atoms with Crippen LogP contribution in [0.15, 0.2) is 54.9 Å². The molecule has 0 aliphatic heterocycles. The largest absolute Gasteiger partial charge is 0.358 e. The molecule has 0 amide bonds. The molecule has 0 aliphatic rings. The number of nitro benzene ring substituents is 1. The first-order chi connectivity index (χ1) is 14.6. The lowest BCUT2D eigenvalue weighted by molar-refractivity contribution is -0.384. The summed E-state index contributed by atoms with van der Waals surface area (Å²) in [5.41, 5.74) is 5.84. The first-order valence-electron chi connectivity index (χ1n) is 9.40. The number of aromatic nitrogens is 5. The van der Waals surface area contributed by atoms with E-state index in [4.69, 9.17) is 4.98 Å². The third-order valence-corrected chi connectivity index (χ3v) is 5.49. The van der Waals surface area contributed by atoms with Gasteiger partial charge in [-0.25, -0.2) is 4.98 Å². The Morgan fingerprint density at radius 1 is 0.900 bits per heavy atom. The van der Waals surface area contributed by atoms with Gasteiger partial charge < -0.3 is 9.97 Å². The highest BCUT2D eigenvalue weighted by Gasteiger charge is 2.20. The van der Waals surface area contributed by atoms with Crippen molar-refractivity contribution in [3.8, 4) is 11.4 Å². The topological polar surface area (TPSA) is 113 Å². The highest BCUT2D eigenvalue weighted by Crippen LogP contribution is 2.37. The fraction of sp³-hybridized carbons (Fsp3) is 0.0455. The molecule has 0 atom stereocenters. The average molecular weight is 394 g/mol. The molecule has 4 aromatic heterocycles. The number of aryl methyl sites for hydroxylation is 1. The van der Waals surface area contributed by atoms with Crippen molar-refractivity contribution in [2.45, 2.75) is 6.92 Å². The van der Waals surface area contributed by atoms with Crippen LogP contribution in [0.2, 0.25) is 0 Å². The second kappa shape index (κ2) is 5.84. The predicted molar refractivity (Wildman–Crippen MR) is 115 cm³/mol. The monoisotopic (exact) mass is 394 g/mol. The number of imidazole rings is 1. The summed E-state index contributed by atoms with van der Waals surface area (Å²) in [7, 11) is 0. The van der Waals surface area contributed by atoms with Crippen LogP contribution in [-0.4, -0.2) is 29.8 Å². The summed E-state index contributed by atoms with van der Waals surface area (Å²) in [4.78, 5) is 31.6. The zero-order valence-electron chi connectivity index (χ0n) is 15.8. The van der Waals surface area contributed by atoms with Crippen LogP contribution >= 0.6 is 0 Å². The molecule has 0 saturated carbocycles. The van der Waals surface area contributed by atoms with Crippen molar-refractivity contribution in [1.29, 1.82) is 0 Å². The molecule has 4 heterocycles. The number of pyridine rings is 2. The van der Waals surface area contributed by atoms with Gasteiger partial charge >= 0.3 is 0 Å². The van der Waals surface area contributed by atoms with Crippen LogP contribution in [0.3, 0.4) is 0 Å². The number of hydrogen-bond acceptors (Lipinski definition) is 5. The number of nitrogens with one attached hydrogen (secondary N) is 2. The van der Waals surface area contributed by atoms with E-state index in [0.717, 1.165) is 55.0 Å². The van der Waals surface area contributed by atoms with Crippen LogP contribution in [0, 0.1) is 17.0 Å². The Bertz CT molecular complexity index is 1570. The fourth-order valence-corrected chi connectivity index (χ4v) is 4.20. The summed E-state index contributed by atoms with van der Waals surface area (Å²) in [5.74, 6) is 0.649. The standard InChI is InChI=1S/C22H14N6O2/c1-11-17(15-10-12(28(29)30)6-7-16(15)25-11)22-26-20-13-4-2-8-23-18(13)19-14(21(20)27-22)5-3-9-24-19/h2-10,25H,1H3,(H,26,27). The van der Waals surface area contributed by atoms with E-state index in [1.165, 1.54) is 6.07 Å². The summed E-state index contributed by atoms with van der Waals surface area (Å²) in [5, 5.41) is 13.9. The van der Waals surface area contributed by atoms with Crippen LogP contribution in [0.1, 0.15) is 5.69 Å². The smallest absolute Gasteiger partial charge is 0.270 e. The molecule has 0 spiro atoms. The van der Waals surface area contributed by atoms with Gasteiger partial charge in [-0.3, -0.25) is 20.1 Å². The number of hydrogen-bond donors (Lipinski definition) is 2. The SMILES string of the molecule is Cc1[nH]c2ccc([N+](=O)[O-])cc2c1-c1nc2c3cccnc3c3ncccc3c2[nH]1. The molecular weight excluding hydrogens is 380 g/mol. The van der Waals surface area contributed by atoms with E-state index in [1.807, 2.05) is 31.2 Å². The van der Waals surface area contributed by atoms with Crippen LogP contribution < -0.4 is 0 Å². The minimum atomic E-state index is -0.386. The number of benzene rings is 2. The van der Waals surface area contributed by atoms with Crippen LogP contribution in [0.5, 0.6) is 0 Å². The highest BCUT2D eigenvalue weighted by molar-refractivity contribution is 6.21. The Balaban J connectivity index is 1.74. The van der Waals surface area contributed by atoms with Gasteiger partial charge in [0.05, 0.1) is 27.0 Å². The molecular formula is C22H14N6O2. The van der Waals surface area contributed by atoms with Gasteiger partial charge in [-0.2, -0.15) is 0 Å². The van der Waals surface area contributed by atoms with Gasteiger partial charge in [-0.05, 0) is 37.3 Å². The van der Waals surface area contributed by atoms with Crippen LogP contribution in [-0.2, 0) is 0 Å². The number of fused-ring (bicyclic) bond motifs is 7. The fourth-order valence-electron chi connectivity index (χ4n) is 4.20. The second-order valence-electron chi connectivity index (χ2n) is 7.22. The molecule has 6 aromatic rings. The predicted octanol–water partition coefficient (Wildman–Crippen LogP) is 5.02. The van der Waals surface area contributed by atoms with Crippen molar-refractivity contribution < 1.29 is 4.92 Å². The minimum absolute atomic E-state index is 0.0446. The summed E-state index contributed by atoms with van der Waals surface area (Å²) in [6, 6.07) is 12.6. The Kier molecular flexibility index (Phi) is 3.23. The summed E-state index contributed by atoms with van der Waals surface area (Å²) >= 11 is 0. The van der Waals surface area contributed by atoms with E-state index in [0.29, 0.717) is 5.82 Å². The van der Waals surface area contributed by atoms with E-state index in [9.17, 15) is 10.1 Å². The molecule has 6 rings (SSSR count). The van der Waals surface area contributed by atoms with Gasteiger partial charge in [0.2, 0.25) is 0 Å². The zero-order chi connectivity index (χ0) is 20.4. The zero-order valence-corrected chi connectivity index (χ0v) is 15.8. The normalized spacial score (nSPS) is 11.8. The van der Waals surface area contributed by atoms with Crippen molar-refractivity contribution in [3.05, 3.63) is 70.7 Å². The van der Waals surface area contributed by atoms with Gasteiger partial charge in [0.15, 0.2) is 0 Å². The van der Waals surface area contributed by atoms with Crippen molar-refractivity contribution in [2.75, 3.05) is 0 Å². The molecule has 0 bridgehead atoms. The first kappa shape index (κ1) is 16.6. The lowest BCUT2D eigenvalue weighted by atomic mass is 10.1. The quantitative estimate of drug-likeness (QED) is 0.243. The van der Waals surface area contributed by atoms with Gasteiger partial charge in [0.1, 0.15) is 5.82 Å². The Labute approximate surface area is 168 Å². The summed E-state index contributed by atoms with van der Waals surface area (Å²) in [6.45, 7) is 1.94. The third-order valence-electron chi connectivity index (χ3n) is 5.49. The Morgan fingerprint density at radius 2 is 1.63 bits per heavy atom. The second-order valence-corrected chi connectivity index (χ2v) is 7.22. The number of H-pyrrole nitrogens is 2. The van der Waals surface area contributed by atoms with Crippen molar-refractivity contribution in [1.82, 2.24) is 24.9 Å². The van der Waals surface area contributed by atoms with Crippen molar-refractivity contribution in [3.63, 3.8) is 0 Å². The van der Waals surface area contributed by atoms with Crippen LogP contribution in [0.4, 0.5) is 5.69 Å². The summed E-state index contributed by atoms with van der Waals surface area (Å²) in [6.07, 6.45) is 3.50. The maximum atomic E-state index is 11.3. The Morgan fingerprint density at radius 3 is 2.40 bits per heavy atom. The number of nitro groups is 1. The van der Waals surface area contributed by atoms with E-state index in [2.05, 4.69) is 19.9 Å². The molecule has 2 N–H and O–H groups in total. The molecule has 8 nitrogen and oxygen atoms in total. The number of aromatic amines is 2. The Hall–Kier alpha value is -4.33. The number of nitrogens with zero attached hydrogens (tertiary/aromatic N) is 4. The molecule has 0 radical (unpaired) electrons. The highest BCUT2D eigenvalue weighted by atomic mass is 16.6. The van der Waals surface area contributed by atoms with E-state index in [-0.39, 0.29) is 10.6 Å². The minimum Gasteiger partial charge on any atom is -0.358 e. The van der Waals surface area contributed by atoms with Crippen molar-refractivity contribution in [2.24, 2.45) is 0 Å². The van der Waals surface area contributed by atoms with Crippen molar-refractivity contribution >= 4 is 49.4 Å². The first-order valence-corrected chi connectivity index (χ1v) is 9.40. The number of non-ortho nitro benzene ring substituents is 1. The average Bonchev–Trinajstić information content (AvgIpc) is 3.34. The molecule has 8 heteroatoms. The molecule has 2 aromatic carbocycles. The molecule has 30 heavy (non-hydrogen) atoms.